The van der Waals surface area contributed by atoms with E-state index in [2.05, 4.69) is 25.5 Å². The van der Waals surface area contributed by atoms with Crippen molar-refractivity contribution in [3.8, 4) is 5.75 Å². The second-order valence-corrected chi connectivity index (χ2v) is 3.79. The summed E-state index contributed by atoms with van der Waals surface area (Å²) in [5.41, 5.74) is 5.09. The SMILES string of the molecule is Cc1[nH]c(/C=N\Nc2cnccn2)c(C)c1OC=O. The average molecular weight is 259 g/mol. The first-order valence-corrected chi connectivity index (χ1v) is 5.57. The highest BCUT2D eigenvalue weighted by Crippen LogP contribution is 2.24. The Kier molecular flexibility index (Phi) is 3.87. The van der Waals surface area contributed by atoms with Gasteiger partial charge in [0.2, 0.25) is 0 Å². The van der Waals surface area contributed by atoms with Crippen LogP contribution in [-0.4, -0.2) is 27.6 Å². The van der Waals surface area contributed by atoms with E-state index in [4.69, 9.17) is 4.74 Å². The second kappa shape index (κ2) is 5.76. The number of aromatic nitrogens is 3. The van der Waals surface area contributed by atoms with E-state index in [0.717, 1.165) is 17.0 Å². The van der Waals surface area contributed by atoms with Crippen LogP contribution in [0.3, 0.4) is 0 Å². The molecule has 2 rings (SSSR count). The van der Waals surface area contributed by atoms with E-state index in [1.165, 1.54) is 0 Å². The average Bonchev–Trinajstić information content (AvgIpc) is 2.68. The van der Waals surface area contributed by atoms with Crippen molar-refractivity contribution in [2.75, 3.05) is 5.43 Å². The summed E-state index contributed by atoms with van der Waals surface area (Å²) >= 11 is 0. The Morgan fingerprint density at radius 1 is 1.42 bits per heavy atom. The monoisotopic (exact) mass is 259 g/mol. The number of hydrazone groups is 1. The van der Waals surface area contributed by atoms with Gasteiger partial charge in [0.05, 0.1) is 23.8 Å². The maximum atomic E-state index is 10.4. The molecule has 0 saturated carbocycles. The third-order valence-electron chi connectivity index (χ3n) is 2.51. The predicted octanol–water partition coefficient (Wildman–Crippen LogP) is 1.40. The summed E-state index contributed by atoms with van der Waals surface area (Å²) in [7, 11) is 0. The van der Waals surface area contributed by atoms with E-state index in [1.54, 1.807) is 24.8 Å². The Bertz CT molecular complexity index is 592. The van der Waals surface area contributed by atoms with Crippen molar-refractivity contribution in [1.82, 2.24) is 15.0 Å². The molecule has 98 valence electrons. The molecule has 19 heavy (non-hydrogen) atoms. The molecule has 7 heteroatoms. The fourth-order valence-corrected chi connectivity index (χ4v) is 1.63. The van der Waals surface area contributed by atoms with Crippen LogP contribution < -0.4 is 10.2 Å². The maximum Gasteiger partial charge on any atom is 0.298 e. The van der Waals surface area contributed by atoms with E-state index < -0.39 is 0 Å². The predicted molar refractivity (Wildman–Crippen MR) is 70.2 cm³/mol. The molecule has 2 heterocycles. The minimum Gasteiger partial charge on any atom is -0.427 e. The molecule has 0 atom stereocenters. The number of H-pyrrole nitrogens is 1. The molecule has 0 unspecified atom stereocenters. The van der Waals surface area contributed by atoms with Gasteiger partial charge in [0, 0.05) is 18.0 Å². The molecule has 2 N–H and O–H groups in total. The summed E-state index contributed by atoms with van der Waals surface area (Å²) in [6, 6.07) is 0. The molecule has 0 amide bonds. The van der Waals surface area contributed by atoms with Crippen molar-refractivity contribution in [1.29, 1.82) is 0 Å². The van der Waals surface area contributed by atoms with Crippen LogP contribution in [0.15, 0.2) is 23.7 Å². The molecule has 0 aliphatic carbocycles. The van der Waals surface area contributed by atoms with E-state index in [-0.39, 0.29) is 0 Å². The number of carbonyl (C=O) groups is 1. The molecule has 2 aromatic heterocycles. The van der Waals surface area contributed by atoms with Crippen LogP contribution in [0.2, 0.25) is 0 Å². The number of hydrogen-bond acceptors (Lipinski definition) is 6. The highest BCUT2D eigenvalue weighted by atomic mass is 16.5. The first-order valence-electron chi connectivity index (χ1n) is 5.57. The van der Waals surface area contributed by atoms with Crippen LogP contribution in [0.1, 0.15) is 17.0 Å². The second-order valence-electron chi connectivity index (χ2n) is 3.79. The van der Waals surface area contributed by atoms with Gasteiger partial charge in [-0.25, -0.2) is 4.98 Å². The Balaban J connectivity index is 2.11. The molecule has 0 aliphatic heterocycles. The minimum absolute atomic E-state index is 0.405. The van der Waals surface area contributed by atoms with Crippen LogP contribution in [0.25, 0.3) is 0 Å². The number of aromatic amines is 1. The molecule has 0 saturated heterocycles. The molecule has 7 nitrogen and oxygen atoms in total. The Morgan fingerprint density at radius 3 is 2.95 bits per heavy atom. The van der Waals surface area contributed by atoms with Gasteiger partial charge >= 0.3 is 0 Å². The number of carbonyl (C=O) groups excluding carboxylic acids is 1. The number of nitrogens with one attached hydrogen (secondary N) is 2. The van der Waals surface area contributed by atoms with E-state index >= 15 is 0 Å². The number of aryl methyl sites for hydroxylation is 1. The first kappa shape index (κ1) is 12.7. The first-order chi connectivity index (χ1) is 9.22. The van der Waals surface area contributed by atoms with Gasteiger partial charge in [0.25, 0.3) is 6.47 Å². The van der Waals surface area contributed by atoms with Crippen LogP contribution in [0.4, 0.5) is 5.82 Å². The van der Waals surface area contributed by atoms with Crippen molar-refractivity contribution in [2.24, 2.45) is 5.10 Å². The molecule has 0 fully saturated rings. The van der Waals surface area contributed by atoms with Crippen molar-refractivity contribution in [3.63, 3.8) is 0 Å². The summed E-state index contributed by atoms with van der Waals surface area (Å²) in [4.78, 5) is 21.4. The lowest BCUT2D eigenvalue weighted by Gasteiger charge is -1.97. The number of ether oxygens (including phenoxy) is 1. The van der Waals surface area contributed by atoms with E-state index in [1.807, 2.05) is 13.8 Å². The van der Waals surface area contributed by atoms with Crippen molar-refractivity contribution < 1.29 is 9.53 Å². The van der Waals surface area contributed by atoms with E-state index in [9.17, 15) is 4.79 Å². The van der Waals surface area contributed by atoms with Crippen LogP contribution in [0.5, 0.6) is 5.75 Å². The van der Waals surface area contributed by atoms with Gasteiger partial charge in [0.15, 0.2) is 11.6 Å². The van der Waals surface area contributed by atoms with Crippen molar-refractivity contribution in [2.45, 2.75) is 13.8 Å². The highest BCUT2D eigenvalue weighted by Gasteiger charge is 2.10. The summed E-state index contributed by atoms with van der Waals surface area (Å²) in [5.74, 6) is 1.07. The minimum atomic E-state index is 0.405. The van der Waals surface area contributed by atoms with Gasteiger partial charge in [-0.1, -0.05) is 0 Å². The van der Waals surface area contributed by atoms with Gasteiger partial charge in [-0.2, -0.15) is 5.10 Å². The van der Waals surface area contributed by atoms with Crippen molar-refractivity contribution >= 4 is 18.5 Å². The summed E-state index contributed by atoms with van der Waals surface area (Å²) < 4.78 is 4.90. The zero-order valence-electron chi connectivity index (χ0n) is 10.5. The summed E-state index contributed by atoms with van der Waals surface area (Å²) in [6.45, 7) is 4.06. The number of anilines is 1. The fraction of sp³-hybridized carbons (Fsp3) is 0.167. The zero-order chi connectivity index (χ0) is 13.7. The maximum absolute atomic E-state index is 10.4. The third-order valence-corrected chi connectivity index (χ3v) is 2.51. The smallest absolute Gasteiger partial charge is 0.298 e. The Hall–Kier alpha value is -2.70. The normalized spacial score (nSPS) is 10.6. The van der Waals surface area contributed by atoms with Gasteiger partial charge in [0.1, 0.15) is 0 Å². The number of nitrogens with zero attached hydrogens (tertiary/aromatic N) is 3. The lowest BCUT2D eigenvalue weighted by atomic mass is 10.2. The standard InChI is InChI=1S/C12H13N5O2/c1-8-10(16-9(2)12(8)19-7-18)5-15-17-11-6-13-3-4-14-11/h3-7,16H,1-2H3,(H,14,17)/b15-5-. The number of rotatable bonds is 5. The van der Waals surface area contributed by atoms with Crippen LogP contribution in [-0.2, 0) is 4.79 Å². The van der Waals surface area contributed by atoms with E-state index in [0.29, 0.717) is 18.0 Å². The molecular weight excluding hydrogens is 246 g/mol. The summed E-state index contributed by atoms with van der Waals surface area (Å²) in [5, 5.41) is 4.03. The Morgan fingerprint density at radius 2 is 2.26 bits per heavy atom. The molecule has 0 bridgehead atoms. The molecular formula is C12H13N5O2. The van der Waals surface area contributed by atoms with Gasteiger partial charge in [-0.3, -0.25) is 15.2 Å². The molecule has 0 aromatic carbocycles. The van der Waals surface area contributed by atoms with Crippen molar-refractivity contribution in [3.05, 3.63) is 35.5 Å². The van der Waals surface area contributed by atoms with Crippen LogP contribution in [0, 0.1) is 13.8 Å². The topological polar surface area (TPSA) is 92.3 Å². The van der Waals surface area contributed by atoms with Gasteiger partial charge in [-0.05, 0) is 13.8 Å². The number of hydrogen-bond donors (Lipinski definition) is 2. The lowest BCUT2D eigenvalue weighted by molar-refractivity contribution is -0.120. The third kappa shape index (κ3) is 2.95. The van der Waals surface area contributed by atoms with Crippen LogP contribution >= 0.6 is 0 Å². The Labute approximate surface area is 109 Å². The molecule has 0 spiro atoms. The van der Waals surface area contributed by atoms with Gasteiger partial charge < -0.3 is 9.72 Å². The fourth-order valence-electron chi connectivity index (χ4n) is 1.63. The molecule has 0 radical (unpaired) electrons. The summed E-state index contributed by atoms with van der Waals surface area (Å²) in [6.07, 6.45) is 6.30. The largest absolute Gasteiger partial charge is 0.427 e. The highest BCUT2D eigenvalue weighted by molar-refractivity contribution is 5.82. The van der Waals surface area contributed by atoms with Gasteiger partial charge in [-0.15, -0.1) is 0 Å². The lowest BCUT2D eigenvalue weighted by Crippen LogP contribution is -1.95. The molecule has 0 aliphatic rings. The quantitative estimate of drug-likeness (QED) is 0.481. The molecule has 2 aromatic rings. The zero-order valence-corrected chi connectivity index (χ0v) is 10.5.